The first-order valence-corrected chi connectivity index (χ1v) is 11.7. The maximum Gasteiger partial charge on any atom is 0.281 e. The van der Waals surface area contributed by atoms with Crippen LogP contribution in [0.25, 0.3) is 0 Å². The van der Waals surface area contributed by atoms with E-state index in [4.69, 9.17) is 5.73 Å². The summed E-state index contributed by atoms with van der Waals surface area (Å²) in [7, 11) is 0. The first-order valence-electron chi connectivity index (χ1n) is 10.9. The summed E-state index contributed by atoms with van der Waals surface area (Å²) < 4.78 is 0. The SMILES string of the molecule is CC(=NNC(=O)c1ccc(C(=O)N2CC(O)C(O)C2)s1)C(C(=O)Nc1ccc(C)c(C)c1)=C(C)N. The number of β-amino-alcohol motifs (C(OH)–C–C–N with tert-alkyl or cyclic N) is 2. The van der Waals surface area contributed by atoms with E-state index in [2.05, 4.69) is 15.8 Å². The third-order valence-electron chi connectivity index (χ3n) is 5.66. The van der Waals surface area contributed by atoms with Gasteiger partial charge < -0.3 is 26.2 Å². The van der Waals surface area contributed by atoms with Gasteiger partial charge in [0.25, 0.3) is 17.7 Å². The minimum Gasteiger partial charge on any atom is -0.402 e. The Morgan fingerprint density at radius 2 is 1.66 bits per heavy atom. The van der Waals surface area contributed by atoms with Crippen LogP contribution in [0.1, 0.15) is 44.3 Å². The molecule has 2 heterocycles. The van der Waals surface area contributed by atoms with E-state index in [1.165, 1.54) is 17.0 Å². The zero-order chi connectivity index (χ0) is 25.9. The predicted molar refractivity (Wildman–Crippen MR) is 134 cm³/mol. The van der Waals surface area contributed by atoms with Gasteiger partial charge in [-0.25, -0.2) is 5.43 Å². The van der Waals surface area contributed by atoms with Crippen LogP contribution >= 0.6 is 11.3 Å². The number of aryl methyl sites for hydroxylation is 2. The normalized spacial score (nSPS) is 18.8. The Labute approximate surface area is 207 Å². The lowest BCUT2D eigenvalue weighted by molar-refractivity contribution is -0.112. The van der Waals surface area contributed by atoms with Gasteiger partial charge in [-0.1, -0.05) is 6.07 Å². The summed E-state index contributed by atoms with van der Waals surface area (Å²) in [6, 6.07) is 8.53. The number of nitrogens with zero attached hydrogens (tertiary/aromatic N) is 2. The molecule has 2 atom stereocenters. The van der Waals surface area contributed by atoms with E-state index in [9.17, 15) is 24.6 Å². The number of likely N-dealkylation sites (tertiary alicyclic amines) is 1. The quantitative estimate of drug-likeness (QED) is 0.230. The van der Waals surface area contributed by atoms with Crippen molar-refractivity contribution in [2.45, 2.75) is 39.9 Å². The van der Waals surface area contributed by atoms with Crippen LogP contribution in [0.3, 0.4) is 0 Å². The highest BCUT2D eigenvalue weighted by Crippen LogP contribution is 2.21. The molecule has 186 valence electrons. The predicted octanol–water partition coefficient (Wildman–Crippen LogP) is 1.52. The summed E-state index contributed by atoms with van der Waals surface area (Å²) in [6.07, 6.45) is -1.97. The molecule has 1 aliphatic heterocycles. The van der Waals surface area contributed by atoms with Crippen LogP contribution < -0.4 is 16.5 Å². The van der Waals surface area contributed by atoms with E-state index >= 15 is 0 Å². The lowest BCUT2D eigenvalue weighted by atomic mass is 10.1. The number of aliphatic hydroxyl groups is 2. The summed E-state index contributed by atoms with van der Waals surface area (Å²) in [5.74, 6) is -1.39. The molecule has 1 fully saturated rings. The summed E-state index contributed by atoms with van der Waals surface area (Å²) in [6.45, 7) is 7.10. The highest BCUT2D eigenvalue weighted by molar-refractivity contribution is 7.15. The number of benzene rings is 1. The number of hydrogen-bond donors (Lipinski definition) is 5. The van der Waals surface area contributed by atoms with Gasteiger partial charge in [-0.2, -0.15) is 5.10 Å². The van der Waals surface area contributed by atoms with Crippen LogP contribution in [-0.4, -0.2) is 63.8 Å². The molecule has 1 saturated heterocycles. The van der Waals surface area contributed by atoms with Crippen LogP contribution in [-0.2, 0) is 4.79 Å². The topological polar surface area (TPSA) is 157 Å². The number of allylic oxidation sites excluding steroid dienone is 1. The minimum absolute atomic E-state index is 0.0285. The molecule has 10 nitrogen and oxygen atoms in total. The van der Waals surface area contributed by atoms with Crippen LogP contribution in [0, 0.1) is 13.8 Å². The molecule has 1 aliphatic rings. The van der Waals surface area contributed by atoms with Crippen molar-refractivity contribution in [3.8, 4) is 0 Å². The third-order valence-corrected chi connectivity index (χ3v) is 6.73. The van der Waals surface area contributed by atoms with Gasteiger partial charge in [0, 0.05) is 24.5 Å². The third kappa shape index (κ3) is 6.13. The van der Waals surface area contributed by atoms with Gasteiger partial charge in [0.2, 0.25) is 0 Å². The van der Waals surface area contributed by atoms with Crippen LogP contribution in [0.2, 0.25) is 0 Å². The van der Waals surface area contributed by atoms with E-state index in [0.29, 0.717) is 10.6 Å². The Balaban J connectivity index is 1.67. The number of carbonyl (C=O) groups is 3. The molecule has 2 aromatic rings. The molecule has 35 heavy (non-hydrogen) atoms. The average Bonchev–Trinajstić information content (AvgIpc) is 3.41. The summed E-state index contributed by atoms with van der Waals surface area (Å²) in [4.78, 5) is 39.8. The molecule has 0 aliphatic carbocycles. The molecule has 1 aromatic carbocycles. The van der Waals surface area contributed by atoms with Crippen molar-refractivity contribution >= 4 is 40.5 Å². The number of hydrazone groups is 1. The van der Waals surface area contributed by atoms with E-state index in [1.54, 1.807) is 19.9 Å². The second kappa shape index (κ2) is 10.8. The lowest BCUT2D eigenvalue weighted by Gasteiger charge is -2.13. The molecule has 3 rings (SSSR count). The number of rotatable bonds is 6. The Morgan fingerprint density at radius 3 is 2.26 bits per heavy atom. The lowest BCUT2D eigenvalue weighted by Crippen LogP contribution is -2.29. The fraction of sp³-hybridized carbons (Fsp3) is 0.333. The van der Waals surface area contributed by atoms with Crippen LogP contribution in [0.4, 0.5) is 5.69 Å². The molecule has 0 saturated carbocycles. The number of hydrogen-bond acceptors (Lipinski definition) is 8. The minimum atomic E-state index is -0.987. The van der Waals surface area contributed by atoms with Crippen molar-refractivity contribution < 1.29 is 24.6 Å². The van der Waals surface area contributed by atoms with Crippen molar-refractivity contribution in [3.63, 3.8) is 0 Å². The van der Waals surface area contributed by atoms with Crippen molar-refractivity contribution in [2.75, 3.05) is 18.4 Å². The Kier molecular flexibility index (Phi) is 8.05. The van der Waals surface area contributed by atoms with Crippen molar-refractivity contribution in [2.24, 2.45) is 10.8 Å². The Bertz CT molecular complexity index is 1200. The number of nitrogens with two attached hydrogens (primary N) is 1. The number of thiophene rings is 1. The highest BCUT2D eigenvalue weighted by Gasteiger charge is 2.33. The zero-order valence-electron chi connectivity index (χ0n) is 20.0. The maximum atomic E-state index is 12.8. The summed E-state index contributed by atoms with van der Waals surface area (Å²) in [5.41, 5.74) is 11.7. The van der Waals surface area contributed by atoms with E-state index in [1.807, 2.05) is 26.0 Å². The fourth-order valence-corrected chi connectivity index (χ4v) is 4.42. The molecular formula is C24H29N5O5S. The molecule has 0 spiro atoms. The van der Waals surface area contributed by atoms with Crippen molar-refractivity contribution in [3.05, 3.63) is 62.5 Å². The number of carbonyl (C=O) groups excluding carboxylic acids is 3. The molecule has 6 N–H and O–H groups in total. The van der Waals surface area contributed by atoms with E-state index in [0.717, 1.165) is 22.5 Å². The molecule has 3 amide bonds. The largest absolute Gasteiger partial charge is 0.402 e. The second-order valence-electron chi connectivity index (χ2n) is 8.46. The number of nitrogens with one attached hydrogen (secondary N) is 2. The van der Waals surface area contributed by atoms with Crippen LogP contribution in [0.5, 0.6) is 0 Å². The summed E-state index contributed by atoms with van der Waals surface area (Å²) in [5, 5.41) is 26.1. The summed E-state index contributed by atoms with van der Waals surface area (Å²) >= 11 is 0.964. The number of anilines is 1. The molecule has 2 unspecified atom stereocenters. The molecule has 1 aromatic heterocycles. The second-order valence-corrected chi connectivity index (χ2v) is 9.54. The highest BCUT2D eigenvalue weighted by atomic mass is 32.1. The zero-order valence-corrected chi connectivity index (χ0v) is 20.8. The standard InChI is InChI=1S/C24H29N5O5S/c1-12-5-6-16(9-13(12)2)26-23(33)21(14(3)25)15(4)27-28-22(32)19-7-8-20(35-19)24(34)29-10-17(30)18(31)11-29/h5-9,17-18,30-31H,10-11,25H2,1-4H3,(H,26,33)(H,28,32). The van der Waals surface area contributed by atoms with Gasteiger partial charge in [-0.15, -0.1) is 11.3 Å². The van der Waals surface area contributed by atoms with E-state index < -0.39 is 24.0 Å². The Hall–Kier alpha value is -3.54. The first-order chi connectivity index (χ1) is 16.5. The monoisotopic (exact) mass is 499 g/mol. The van der Waals surface area contributed by atoms with Gasteiger partial charge >= 0.3 is 0 Å². The molecule has 0 radical (unpaired) electrons. The molecule has 11 heteroatoms. The number of aliphatic hydroxyl groups excluding tert-OH is 2. The van der Waals surface area contributed by atoms with Gasteiger partial charge in [0.15, 0.2) is 0 Å². The van der Waals surface area contributed by atoms with Gasteiger partial charge in [0.1, 0.15) is 0 Å². The first kappa shape index (κ1) is 26.1. The number of amides is 3. The van der Waals surface area contributed by atoms with Crippen molar-refractivity contribution in [1.82, 2.24) is 10.3 Å². The van der Waals surface area contributed by atoms with Crippen molar-refractivity contribution in [1.29, 1.82) is 0 Å². The maximum absolute atomic E-state index is 12.8. The van der Waals surface area contributed by atoms with Gasteiger partial charge in [0.05, 0.1) is 33.2 Å². The fourth-order valence-electron chi connectivity index (χ4n) is 3.55. The average molecular weight is 500 g/mol. The van der Waals surface area contributed by atoms with Crippen LogP contribution in [0.15, 0.2) is 46.7 Å². The van der Waals surface area contributed by atoms with E-state index in [-0.39, 0.29) is 40.9 Å². The van der Waals surface area contributed by atoms with Gasteiger partial charge in [-0.3, -0.25) is 14.4 Å². The molecular weight excluding hydrogens is 470 g/mol. The molecule has 0 bridgehead atoms. The smallest absolute Gasteiger partial charge is 0.281 e. The Morgan fingerprint density at radius 1 is 1.03 bits per heavy atom. The van der Waals surface area contributed by atoms with Gasteiger partial charge in [-0.05, 0) is 63.1 Å².